The number of fused-ring (bicyclic) bond motifs is 1. The zero-order chi connectivity index (χ0) is 17.9. The molecule has 0 saturated heterocycles. The van der Waals surface area contributed by atoms with E-state index >= 15 is 0 Å². The monoisotopic (exact) mass is 361 g/mol. The highest BCUT2D eigenvalue weighted by molar-refractivity contribution is 7.18. The van der Waals surface area contributed by atoms with Crippen LogP contribution in [0.2, 0.25) is 0 Å². The molecule has 0 aliphatic carbocycles. The molecule has 130 valence electrons. The molecule has 0 saturated carbocycles. The Balaban J connectivity index is 1.44. The smallest absolute Gasteiger partial charge is 0.140 e. The van der Waals surface area contributed by atoms with E-state index in [-0.39, 0.29) is 0 Å². The normalized spacial score (nSPS) is 12.2. The van der Waals surface area contributed by atoms with E-state index in [2.05, 4.69) is 11.1 Å². The van der Waals surface area contributed by atoms with Crippen molar-refractivity contribution in [3.63, 3.8) is 0 Å². The van der Waals surface area contributed by atoms with Gasteiger partial charge in [-0.3, -0.25) is 0 Å². The summed E-state index contributed by atoms with van der Waals surface area (Å²) in [6.07, 6.45) is -0.442. The molecule has 1 heterocycles. The number of thiazole rings is 1. The molecule has 4 heteroatoms. The lowest BCUT2D eigenvalue weighted by Gasteiger charge is -2.08. The minimum atomic E-state index is -0.442. The molecule has 1 N–H and O–H groups in total. The van der Waals surface area contributed by atoms with E-state index in [1.807, 2.05) is 66.7 Å². The van der Waals surface area contributed by atoms with E-state index in [1.54, 1.807) is 18.3 Å². The van der Waals surface area contributed by atoms with Crippen LogP contribution in [-0.4, -0.2) is 10.1 Å². The maximum atomic E-state index is 9.60. The largest absolute Gasteiger partial charge is 0.486 e. The maximum Gasteiger partial charge on any atom is 0.140 e. The van der Waals surface area contributed by atoms with Crippen molar-refractivity contribution in [3.05, 3.63) is 83.4 Å². The van der Waals surface area contributed by atoms with Crippen molar-refractivity contribution in [2.45, 2.75) is 19.6 Å². The Morgan fingerprint density at radius 3 is 2.23 bits per heavy atom. The van der Waals surface area contributed by atoms with Crippen molar-refractivity contribution in [2.75, 3.05) is 0 Å². The second kappa shape index (κ2) is 7.28. The average Bonchev–Trinajstić information content (AvgIpc) is 3.10. The molecule has 1 aromatic heterocycles. The first-order chi connectivity index (χ1) is 12.7. The number of benzene rings is 3. The van der Waals surface area contributed by atoms with Crippen molar-refractivity contribution in [1.82, 2.24) is 4.98 Å². The molecule has 4 aromatic rings. The summed E-state index contributed by atoms with van der Waals surface area (Å²) in [6, 6.07) is 24.1. The molecule has 0 radical (unpaired) electrons. The summed E-state index contributed by atoms with van der Waals surface area (Å²) in [5.74, 6) is 0.827. The van der Waals surface area contributed by atoms with Crippen LogP contribution in [0.1, 0.15) is 23.6 Å². The van der Waals surface area contributed by atoms with Crippen molar-refractivity contribution in [1.29, 1.82) is 0 Å². The fraction of sp³-hybridized carbons (Fsp3) is 0.136. The van der Waals surface area contributed by atoms with Crippen LogP contribution in [0, 0.1) is 0 Å². The lowest BCUT2D eigenvalue weighted by molar-refractivity contribution is 0.199. The van der Waals surface area contributed by atoms with Crippen LogP contribution in [0.3, 0.4) is 0 Å². The van der Waals surface area contributed by atoms with Crippen LogP contribution < -0.4 is 4.74 Å². The van der Waals surface area contributed by atoms with Gasteiger partial charge in [0.05, 0.1) is 16.3 Å². The highest BCUT2D eigenvalue weighted by Gasteiger charge is 2.05. The first-order valence-corrected chi connectivity index (χ1v) is 9.36. The van der Waals surface area contributed by atoms with Gasteiger partial charge in [0, 0.05) is 0 Å². The lowest BCUT2D eigenvalue weighted by Crippen LogP contribution is -1.94. The van der Waals surface area contributed by atoms with Gasteiger partial charge in [0.25, 0.3) is 0 Å². The summed E-state index contributed by atoms with van der Waals surface area (Å²) in [5.41, 5.74) is 4.18. The molecule has 0 fully saturated rings. The molecule has 0 amide bonds. The number of aromatic nitrogens is 1. The van der Waals surface area contributed by atoms with E-state index in [9.17, 15) is 5.11 Å². The van der Waals surface area contributed by atoms with Gasteiger partial charge in [-0.15, -0.1) is 11.3 Å². The van der Waals surface area contributed by atoms with Gasteiger partial charge in [-0.2, -0.15) is 0 Å². The first kappa shape index (κ1) is 16.8. The average molecular weight is 361 g/mol. The van der Waals surface area contributed by atoms with Crippen LogP contribution in [0.5, 0.6) is 5.75 Å². The molecule has 0 spiro atoms. The van der Waals surface area contributed by atoms with Gasteiger partial charge in [0.2, 0.25) is 0 Å². The highest BCUT2D eigenvalue weighted by atomic mass is 32.1. The minimum Gasteiger partial charge on any atom is -0.486 e. The van der Waals surface area contributed by atoms with Gasteiger partial charge in [-0.1, -0.05) is 48.5 Å². The molecular formula is C22H19NO2S. The lowest BCUT2D eigenvalue weighted by atomic mass is 10.0. The Kier molecular flexibility index (Phi) is 4.69. The predicted octanol–water partition coefficient (Wildman–Crippen LogP) is 5.60. The number of ether oxygens (including phenoxy) is 1. The third-order valence-electron chi connectivity index (χ3n) is 4.28. The molecule has 0 aliphatic rings. The number of hydrogen-bond donors (Lipinski definition) is 1. The molecule has 0 aliphatic heterocycles. The van der Waals surface area contributed by atoms with Gasteiger partial charge in [-0.25, -0.2) is 4.98 Å². The van der Waals surface area contributed by atoms with Crippen LogP contribution in [0.25, 0.3) is 21.3 Å². The molecule has 1 unspecified atom stereocenters. The maximum absolute atomic E-state index is 9.60. The Hall–Kier alpha value is -2.69. The van der Waals surface area contributed by atoms with Gasteiger partial charge in [-0.05, 0) is 47.9 Å². The highest BCUT2D eigenvalue weighted by Crippen LogP contribution is 2.26. The standard InChI is InChI=1S/C22H19NO2S/c1-15(24)16-6-8-17(9-7-16)18-10-12-19(13-11-18)25-14-22-23-20-4-2-3-5-21(20)26-22/h2-13,15,24H,14H2,1H3. The zero-order valence-corrected chi connectivity index (χ0v) is 15.2. The molecule has 1 atom stereocenters. The summed E-state index contributed by atoms with van der Waals surface area (Å²) in [6.45, 7) is 2.24. The number of rotatable bonds is 5. The number of aliphatic hydroxyl groups is 1. The Labute approximate surface area is 156 Å². The van der Waals surface area contributed by atoms with Crippen LogP contribution in [-0.2, 0) is 6.61 Å². The topological polar surface area (TPSA) is 42.4 Å². The molecule has 3 nitrogen and oxygen atoms in total. The number of hydrogen-bond acceptors (Lipinski definition) is 4. The minimum absolute atomic E-state index is 0.442. The molecule has 0 bridgehead atoms. The van der Waals surface area contributed by atoms with E-state index in [4.69, 9.17) is 4.74 Å². The third-order valence-corrected chi connectivity index (χ3v) is 5.29. The van der Waals surface area contributed by atoms with Gasteiger partial charge < -0.3 is 9.84 Å². The summed E-state index contributed by atoms with van der Waals surface area (Å²) in [7, 11) is 0. The van der Waals surface area contributed by atoms with E-state index < -0.39 is 6.10 Å². The molecule has 3 aromatic carbocycles. The van der Waals surface area contributed by atoms with Gasteiger partial charge in [0.1, 0.15) is 17.4 Å². The van der Waals surface area contributed by atoms with E-state index in [0.29, 0.717) is 6.61 Å². The molecule has 26 heavy (non-hydrogen) atoms. The molecule has 4 rings (SSSR count). The summed E-state index contributed by atoms with van der Waals surface area (Å²) in [5, 5.41) is 10.6. The predicted molar refractivity (Wildman–Crippen MR) is 106 cm³/mol. The fourth-order valence-corrected chi connectivity index (χ4v) is 3.70. The second-order valence-electron chi connectivity index (χ2n) is 6.19. The van der Waals surface area contributed by atoms with Crippen molar-refractivity contribution in [2.24, 2.45) is 0 Å². The van der Waals surface area contributed by atoms with Crippen LogP contribution in [0.4, 0.5) is 0 Å². The number of para-hydroxylation sites is 1. The van der Waals surface area contributed by atoms with Crippen molar-refractivity contribution >= 4 is 21.6 Å². The van der Waals surface area contributed by atoms with Crippen LogP contribution >= 0.6 is 11.3 Å². The van der Waals surface area contributed by atoms with Crippen molar-refractivity contribution < 1.29 is 9.84 Å². The summed E-state index contributed by atoms with van der Waals surface area (Å²) >= 11 is 1.66. The van der Waals surface area contributed by atoms with E-state index in [1.165, 1.54) is 4.70 Å². The molecular weight excluding hydrogens is 342 g/mol. The quantitative estimate of drug-likeness (QED) is 0.503. The van der Waals surface area contributed by atoms with E-state index in [0.717, 1.165) is 33.0 Å². The van der Waals surface area contributed by atoms with Crippen LogP contribution in [0.15, 0.2) is 72.8 Å². The zero-order valence-electron chi connectivity index (χ0n) is 14.4. The Morgan fingerprint density at radius 1 is 0.923 bits per heavy atom. The van der Waals surface area contributed by atoms with Gasteiger partial charge >= 0.3 is 0 Å². The second-order valence-corrected chi connectivity index (χ2v) is 7.30. The SMILES string of the molecule is CC(O)c1ccc(-c2ccc(OCc3nc4ccccc4s3)cc2)cc1. The van der Waals surface area contributed by atoms with Crippen molar-refractivity contribution in [3.8, 4) is 16.9 Å². The fourth-order valence-electron chi connectivity index (χ4n) is 2.82. The van der Waals surface area contributed by atoms with Gasteiger partial charge in [0.15, 0.2) is 0 Å². The Morgan fingerprint density at radius 2 is 1.58 bits per heavy atom. The summed E-state index contributed by atoms with van der Waals surface area (Å²) in [4.78, 5) is 4.59. The third kappa shape index (κ3) is 3.62. The number of aliphatic hydroxyl groups excluding tert-OH is 1. The number of nitrogens with zero attached hydrogens (tertiary/aromatic N) is 1. The Bertz CT molecular complexity index is 971. The first-order valence-electron chi connectivity index (χ1n) is 8.55. The summed E-state index contributed by atoms with van der Waals surface area (Å²) < 4.78 is 7.06.